The third-order valence-corrected chi connectivity index (χ3v) is 3.80. The summed E-state index contributed by atoms with van der Waals surface area (Å²) in [4.78, 5) is 0. The summed E-state index contributed by atoms with van der Waals surface area (Å²) in [6, 6.07) is 4.05. The van der Waals surface area contributed by atoms with Crippen LogP contribution in [0.15, 0.2) is 21.1 Å². The molecule has 6 nitrogen and oxygen atoms in total. The molecule has 2 N–H and O–H groups in total. The van der Waals surface area contributed by atoms with Crippen molar-refractivity contribution in [3.63, 3.8) is 0 Å². The van der Waals surface area contributed by atoms with Crippen molar-refractivity contribution < 1.29 is 4.74 Å². The number of H-pyrrole nitrogens is 1. The van der Waals surface area contributed by atoms with Crippen molar-refractivity contribution in [3.8, 4) is 5.75 Å². The van der Waals surface area contributed by atoms with E-state index in [4.69, 9.17) is 4.74 Å². The van der Waals surface area contributed by atoms with Crippen molar-refractivity contribution in [2.45, 2.75) is 19.5 Å². The fraction of sp³-hybridized carbons (Fsp3) is 0.364. The Balaban J connectivity index is 2.04. The molecule has 0 aliphatic carbocycles. The van der Waals surface area contributed by atoms with Gasteiger partial charge in [0.15, 0.2) is 5.82 Å². The maximum Gasteiger partial charge on any atom is 0.191 e. The zero-order chi connectivity index (χ0) is 13.8. The van der Waals surface area contributed by atoms with Crippen molar-refractivity contribution in [1.29, 1.82) is 0 Å². The van der Waals surface area contributed by atoms with Gasteiger partial charge in [-0.05, 0) is 56.5 Å². The molecule has 1 heterocycles. The first-order valence-corrected chi connectivity index (χ1v) is 7.19. The van der Waals surface area contributed by atoms with Gasteiger partial charge in [0.2, 0.25) is 0 Å². The van der Waals surface area contributed by atoms with E-state index in [9.17, 15) is 0 Å². The van der Waals surface area contributed by atoms with E-state index < -0.39 is 0 Å². The molecule has 0 spiro atoms. The number of aromatic amines is 1. The first-order valence-electron chi connectivity index (χ1n) is 5.60. The molecule has 1 unspecified atom stereocenters. The predicted octanol–water partition coefficient (Wildman–Crippen LogP) is 2.58. The molecular weight excluding hydrogens is 378 g/mol. The molecule has 1 aromatic heterocycles. The molecule has 0 saturated heterocycles. The van der Waals surface area contributed by atoms with Gasteiger partial charge in [-0.15, -0.1) is 10.2 Å². The summed E-state index contributed by atoms with van der Waals surface area (Å²) >= 11 is 6.96. The van der Waals surface area contributed by atoms with Gasteiger partial charge in [-0.1, -0.05) is 5.21 Å². The summed E-state index contributed by atoms with van der Waals surface area (Å²) in [6.45, 7) is 2.68. The standard InChI is InChI=1S/C11H13Br2N5O/c1-6(11-15-17-18-16-11)14-5-7-3-8(12)10(19-2)9(13)4-7/h3-4,6,14H,5H2,1-2H3,(H,15,16,17,18). The van der Waals surface area contributed by atoms with E-state index in [1.807, 2.05) is 19.1 Å². The maximum absolute atomic E-state index is 5.27. The van der Waals surface area contributed by atoms with Crippen LogP contribution in [0.25, 0.3) is 0 Å². The molecular formula is C11H13Br2N5O. The Kier molecular flexibility index (Phi) is 4.89. The van der Waals surface area contributed by atoms with Crippen LogP contribution in [0, 0.1) is 0 Å². The second kappa shape index (κ2) is 6.44. The number of methoxy groups -OCH3 is 1. The summed E-state index contributed by atoms with van der Waals surface area (Å²) in [7, 11) is 1.64. The Morgan fingerprint density at radius 3 is 2.58 bits per heavy atom. The highest BCUT2D eigenvalue weighted by Crippen LogP contribution is 2.34. The van der Waals surface area contributed by atoms with E-state index in [2.05, 4.69) is 57.8 Å². The number of rotatable bonds is 5. The Morgan fingerprint density at radius 2 is 2.05 bits per heavy atom. The lowest BCUT2D eigenvalue weighted by molar-refractivity contribution is 0.409. The largest absolute Gasteiger partial charge is 0.494 e. The quantitative estimate of drug-likeness (QED) is 0.820. The van der Waals surface area contributed by atoms with Crippen LogP contribution in [-0.4, -0.2) is 27.7 Å². The number of nitrogens with zero attached hydrogens (tertiary/aromatic N) is 3. The molecule has 0 saturated carbocycles. The van der Waals surface area contributed by atoms with E-state index in [-0.39, 0.29) is 6.04 Å². The Hall–Kier alpha value is -0.990. The molecule has 0 amide bonds. The van der Waals surface area contributed by atoms with Crippen LogP contribution in [0.5, 0.6) is 5.75 Å². The minimum Gasteiger partial charge on any atom is -0.494 e. The summed E-state index contributed by atoms with van der Waals surface area (Å²) in [5, 5.41) is 17.2. The Morgan fingerprint density at radius 1 is 1.37 bits per heavy atom. The number of hydrogen-bond donors (Lipinski definition) is 2. The highest BCUT2D eigenvalue weighted by atomic mass is 79.9. The van der Waals surface area contributed by atoms with Gasteiger partial charge in [-0.3, -0.25) is 0 Å². The predicted molar refractivity (Wildman–Crippen MR) is 77.8 cm³/mol. The van der Waals surface area contributed by atoms with Crippen LogP contribution in [-0.2, 0) is 6.54 Å². The van der Waals surface area contributed by atoms with E-state index >= 15 is 0 Å². The zero-order valence-corrected chi connectivity index (χ0v) is 13.6. The third kappa shape index (κ3) is 3.52. The van der Waals surface area contributed by atoms with Crippen LogP contribution < -0.4 is 10.1 Å². The second-order valence-corrected chi connectivity index (χ2v) is 5.67. The lowest BCUT2D eigenvalue weighted by Gasteiger charge is -2.12. The molecule has 19 heavy (non-hydrogen) atoms. The fourth-order valence-corrected chi connectivity index (χ4v) is 3.23. The van der Waals surface area contributed by atoms with Crippen molar-refractivity contribution in [3.05, 3.63) is 32.5 Å². The number of hydrogen-bond acceptors (Lipinski definition) is 5. The van der Waals surface area contributed by atoms with Gasteiger partial charge < -0.3 is 10.1 Å². The van der Waals surface area contributed by atoms with E-state index in [1.165, 1.54) is 0 Å². The monoisotopic (exact) mass is 389 g/mol. The van der Waals surface area contributed by atoms with E-state index in [0.717, 1.165) is 20.3 Å². The van der Waals surface area contributed by atoms with Crippen LogP contribution in [0.2, 0.25) is 0 Å². The van der Waals surface area contributed by atoms with Gasteiger partial charge in [0.05, 0.1) is 22.1 Å². The van der Waals surface area contributed by atoms with Gasteiger partial charge in [0, 0.05) is 6.54 Å². The lowest BCUT2D eigenvalue weighted by atomic mass is 10.2. The van der Waals surface area contributed by atoms with Crippen LogP contribution >= 0.6 is 31.9 Å². The normalized spacial score (nSPS) is 12.4. The number of aromatic nitrogens is 4. The number of tetrazole rings is 1. The van der Waals surface area contributed by atoms with E-state index in [1.54, 1.807) is 7.11 Å². The molecule has 0 bridgehead atoms. The van der Waals surface area contributed by atoms with Gasteiger partial charge in [0.1, 0.15) is 5.75 Å². The van der Waals surface area contributed by atoms with Crippen LogP contribution in [0.4, 0.5) is 0 Å². The molecule has 2 rings (SSSR count). The third-order valence-electron chi connectivity index (χ3n) is 2.62. The van der Waals surface area contributed by atoms with Gasteiger partial charge in [0.25, 0.3) is 0 Å². The first kappa shape index (κ1) is 14.4. The second-order valence-electron chi connectivity index (χ2n) is 3.97. The average Bonchev–Trinajstić information content (AvgIpc) is 2.89. The minimum absolute atomic E-state index is 0.0263. The molecule has 8 heteroatoms. The minimum atomic E-state index is 0.0263. The number of nitrogens with one attached hydrogen (secondary N) is 2. The molecule has 1 aromatic carbocycles. The highest BCUT2D eigenvalue weighted by molar-refractivity contribution is 9.11. The molecule has 0 fully saturated rings. The summed E-state index contributed by atoms with van der Waals surface area (Å²) in [5.41, 5.74) is 1.12. The van der Waals surface area contributed by atoms with Crippen LogP contribution in [0.1, 0.15) is 24.4 Å². The van der Waals surface area contributed by atoms with Crippen molar-refractivity contribution in [1.82, 2.24) is 25.9 Å². The molecule has 102 valence electrons. The van der Waals surface area contributed by atoms with Gasteiger partial charge in [-0.25, -0.2) is 0 Å². The zero-order valence-electron chi connectivity index (χ0n) is 10.4. The van der Waals surface area contributed by atoms with Crippen molar-refractivity contribution in [2.24, 2.45) is 0 Å². The van der Waals surface area contributed by atoms with Gasteiger partial charge >= 0.3 is 0 Å². The number of halogens is 2. The van der Waals surface area contributed by atoms with Crippen molar-refractivity contribution >= 4 is 31.9 Å². The Bertz CT molecular complexity index is 523. The Labute approximate surface area is 127 Å². The fourth-order valence-electron chi connectivity index (χ4n) is 1.62. The first-order chi connectivity index (χ1) is 9.11. The summed E-state index contributed by atoms with van der Waals surface area (Å²) in [6.07, 6.45) is 0. The SMILES string of the molecule is COc1c(Br)cc(CNC(C)c2nn[nH]n2)cc1Br. The molecule has 0 aliphatic rings. The topological polar surface area (TPSA) is 75.7 Å². The summed E-state index contributed by atoms with van der Waals surface area (Å²) < 4.78 is 7.09. The molecule has 1 atom stereocenters. The molecule has 0 radical (unpaired) electrons. The number of benzene rings is 1. The summed E-state index contributed by atoms with van der Waals surface area (Å²) in [5.74, 6) is 1.43. The van der Waals surface area contributed by atoms with Crippen LogP contribution in [0.3, 0.4) is 0 Å². The highest BCUT2D eigenvalue weighted by Gasteiger charge is 2.11. The van der Waals surface area contributed by atoms with Gasteiger partial charge in [-0.2, -0.15) is 5.21 Å². The average molecular weight is 391 g/mol. The van der Waals surface area contributed by atoms with E-state index in [0.29, 0.717) is 12.4 Å². The number of ether oxygens (including phenoxy) is 1. The smallest absolute Gasteiger partial charge is 0.191 e. The maximum atomic E-state index is 5.27. The molecule has 0 aliphatic heterocycles. The van der Waals surface area contributed by atoms with Crippen molar-refractivity contribution in [2.75, 3.05) is 7.11 Å². The lowest BCUT2D eigenvalue weighted by Crippen LogP contribution is -2.19. The molecule has 2 aromatic rings.